The first-order valence-corrected chi connectivity index (χ1v) is 12.3. The number of rotatable bonds is 8. The second-order valence-electron chi connectivity index (χ2n) is 7.11. The van der Waals surface area contributed by atoms with E-state index in [1.165, 1.54) is 29.4 Å². The Bertz CT molecular complexity index is 1010. The Kier molecular flexibility index (Phi) is 7.79. The van der Waals surface area contributed by atoms with Gasteiger partial charge in [0.1, 0.15) is 16.4 Å². The number of nitrogens with zero attached hydrogens (tertiary/aromatic N) is 2. The zero-order valence-electron chi connectivity index (χ0n) is 17.8. The molecule has 10 heteroatoms. The molecule has 1 aliphatic rings. The van der Waals surface area contributed by atoms with Crippen molar-refractivity contribution in [2.24, 2.45) is 0 Å². The van der Waals surface area contributed by atoms with Crippen LogP contribution in [-0.2, 0) is 14.8 Å². The molecule has 1 aromatic carbocycles. The zero-order chi connectivity index (χ0) is 22.4. The van der Waals surface area contributed by atoms with Crippen LogP contribution in [0.15, 0.2) is 46.5 Å². The number of anilines is 1. The van der Waals surface area contributed by atoms with Crippen LogP contribution in [0.25, 0.3) is 0 Å². The molecule has 8 nitrogen and oxygen atoms in total. The van der Waals surface area contributed by atoms with Crippen molar-refractivity contribution in [3.8, 4) is 11.5 Å². The highest BCUT2D eigenvalue weighted by atomic mass is 32.2. The second-order valence-corrected chi connectivity index (χ2v) is 10.4. The van der Waals surface area contributed by atoms with E-state index in [0.717, 1.165) is 19.3 Å². The molecular weight excluding hydrogens is 438 g/mol. The summed E-state index contributed by atoms with van der Waals surface area (Å²) < 4.78 is 37.5. The number of aromatic nitrogens is 1. The number of thioether (sulfide) groups is 1. The van der Waals surface area contributed by atoms with Crippen molar-refractivity contribution in [1.29, 1.82) is 0 Å². The molecule has 0 spiro atoms. The van der Waals surface area contributed by atoms with Gasteiger partial charge in [-0.05, 0) is 44.0 Å². The molecule has 1 saturated heterocycles. The lowest BCUT2D eigenvalue weighted by molar-refractivity contribution is -0.115. The van der Waals surface area contributed by atoms with Gasteiger partial charge in [0.05, 0.1) is 30.2 Å². The minimum absolute atomic E-state index is 0.178. The van der Waals surface area contributed by atoms with E-state index in [-0.39, 0.29) is 10.8 Å². The summed E-state index contributed by atoms with van der Waals surface area (Å²) >= 11 is 1.25. The number of benzene rings is 1. The van der Waals surface area contributed by atoms with Crippen molar-refractivity contribution >= 4 is 33.4 Å². The Balaban J connectivity index is 1.65. The number of carbonyl (C=O) groups excluding carboxylic acids is 1. The average molecular weight is 466 g/mol. The summed E-state index contributed by atoms with van der Waals surface area (Å²) in [7, 11) is -0.447. The summed E-state index contributed by atoms with van der Waals surface area (Å²) in [6.45, 7) is 2.85. The van der Waals surface area contributed by atoms with Crippen molar-refractivity contribution in [2.75, 3.05) is 32.6 Å². The van der Waals surface area contributed by atoms with E-state index in [0.29, 0.717) is 35.3 Å². The molecular formula is C21H27N3O5S2. The predicted molar refractivity (Wildman–Crippen MR) is 120 cm³/mol. The second kappa shape index (κ2) is 10.3. The fraction of sp³-hybridized carbons (Fsp3) is 0.429. The number of sulfonamides is 1. The molecule has 1 aliphatic heterocycles. The molecule has 0 saturated carbocycles. The maximum atomic E-state index is 12.7. The lowest BCUT2D eigenvalue weighted by Crippen LogP contribution is -2.35. The number of methoxy groups -OCH3 is 2. The molecule has 3 rings (SSSR count). The molecule has 1 N–H and O–H groups in total. The van der Waals surface area contributed by atoms with E-state index < -0.39 is 15.3 Å². The summed E-state index contributed by atoms with van der Waals surface area (Å²) in [5, 5.41) is 2.94. The van der Waals surface area contributed by atoms with Crippen LogP contribution in [0.3, 0.4) is 0 Å². The molecule has 2 heterocycles. The summed E-state index contributed by atoms with van der Waals surface area (Å²) in [6.07, 6.45) is 4.18. The van der Waals surface area contributed by atoms with E-state index >= 15 is 0 Å². The first-order chi connectivity index (χ1) is 14.8. The lowest BCUT2D eigenvalue weighted by Gasteiger charge is -2.25. The van der Waals surface area contributed by atoms with Gasteiger partial charge in [-0.2, -0.15) is 4.31 Å². The Morgan fingerprint density at radius 1 is 1.13 bits per heavy atom. The van der Waals surface area contributed by atoms with Crippen LogP contribution in [-0.4, -0.2) is 56.2 Å². The minimum Gasteiger partial charge on any atom is -0.497 e. The summed E-state index contributed by atoms with van der Waals surface area (Å²) in [5.41, 5.74) is 0.509. The van der Waals surface area contributed by atoms with Crippen LogP contribution in [0.4, 0.5) is 5.69 Å². The van der Waals surface area contributed by atoms with Crippen molar-refractivity contribution < 1.29 is 22.7 Å². The Morgan fingerprint density at radius 3 is 2.48 bits per heavy atom. The first-order valence-electron chi connectivity index (χ1n) is 10.0. The number of carbonyl (C=O) groups is 1. The number of ether oxygens (including phenoxy) is 2. The van der Waals surface area contributed by atoms with Crippen LogP contribution >= 0.6 is 11.8 Å². The normalized spacial score (nSPS) is 15.8. The largest absolute Gasteiger partial charge is 0.497 e. The SMILES string of the molecule is COc1ccc(OC)c(NC(=O)C(C)Sc2ccc(S(=O)(=O)N3CCCCC3)cn2)c1. The van der Waals surface area contributed by atoms with E-state index in [2.05, 4.69) is 10.3 Å². The van der Waals surface area contributed by atoms with E-state index in [4.69, 9.17) is 9.47 Å². The van der Waals surface area contributed by atoms with Gasteiger partial charge in [0.15, 0.2) is 0 Å². The molecule has 0 bridgehead atoms. The fourth-order valence-electron chi connectivity index (χ4n) is 3.22. The highest BCUT2D eigenvalue weighted by Crippen LogP contribution is 2.30. The van der Waals surface area contributed by atoms with Gasteiger partial charge in [0.25, 0.3) is 0 Å². The van der Waals surface area contributed by atoms with Crippen molar-refractivity contribution in [2.45, 2.75) is 41.4 Å². The Labute approximate surface area is 187 Å². The summed E-state index contributed by atoms with van der Waals surface area (Å²) in [6, 6.07) is 8.34. The third kappa shape index (κ3) is 5.69. The Morgan fingerprint density at radius 2 is 1.87 bits per heavy atom. The molecule has 168 valence electrons. The molecule has 0 aliphatic carbocycles. The van der Waals surface area contributed by atoms with Gasteiger partial charge in [0.2, 0.25) is 15.9 Å². The third-order valence-corrected chi connectivity index (χ3v) is 7.93. The van der Waals surface area contributed by atoms with Crippen LogP contribution in [0.2, 0.25) is 0 Å². The van der Waals surface area contributed by atoms with E-state index in [1.54, 1.807) is 44.4 Å². The molecule has 31 heavy (non-hydrogen) atoms. The third-order valence-electron chi connectivity index (χ3n) is 4.99. The monoisotopic (exact) mass is 465 g/mol. The smallest absolute Gasteiger partial charge is 0.244 e. The highest BCUT2D eigenvalue weighted by molar-refractivity contribution is 8.00. The van der Waals surface area contributed by atoms with Crippen LogP contribution in [0, 0.1) is 0 Å². The van der Waals surface area contributed by atoms with E-state index in [1.807, 2.05) is 0 Å². The van der Waals surface area contributed by atoms with Crippen molar-refractivity contribution in [3.63, 3.8) is 0 Å². The lowest BCUT2D eigenvalue weighted by atomic mass is 10.2. The van der Waals surface area contributed by atoms with Crippen LogP contribution in [0.5, 0.6) is 11.5 Å². The molecule has 0 radical (unpaired) electrons. The molecule has 1 fully saturated rings. The maximum Gasteiger partial charge on any atom is 0.244 e. The first kappa shape index (κ1) is 23.4. The van der Waals surface area contributed by atoms with Gasteiger partial charge < -0.3 is 14.8 Å². The number of hydrogen-bond acceptors (Lipinski definition) is 7. The molecule has 1 amide bonds. The molecule has 1 unspecified atom stereocenters. The maximum absolute atomic E-state index is 12.7. The van der Waals surface area contributed by atoms with Crippen molar-refractivity contribution in [3.05, 3.63) is 36.5 Å². The van der Waals surface area contributed by atoms with Crippen LogP contribution < -0.4 is 14.8 Å². The standard InChI is InChI=1S/C21H27N3O5S2/c1-15(21(25)23-18-13-16(28-2)7-9-19(18)29-3)30-20-10-8-17(14-22-20)31(26,27)24-11-5-4-6-12-24/h7-10,13-15H,4-6,11-12H2,1-3H3,(H,23,25). The van der Waals surface area contributed by atoms with Gasteiger partial charge in [-0.25, -0.2) is 13.4 Å². The van der Waals surface area contributed by atoms with Crippen molar-refractivity contribution in [1.82, 2.24) is 9.29 Å². The van der Waals surface area contributed by atoms with Gasteiger partial charge in [0, 0.05) is 25.4 Å². The topological polar surface area (TPSA) is 97.8 Å². The predicted octanol–water partition coefficient (Wildman–Crippen LogP) is 3.39. The minimum atomic E-state index is -3.52. The highest BCUT2D eigenvalue weighted by Gasteiger charge is 2.26. The van der Waals surface area contributed by atoms with Gasteiger partial charge >= 0.3 is 0 Å². The van der Waals surface area contributed by atoms with Gasteiger partial charge in [-0.1, -0.05) is 18.2 Å². The number of amides is 1. The number of piperidine rings is 1. The quantitative estimate of drug-likeness (QED) is 0.597. The van der Waals surface area contributed by atoms with E-state index in [9.17, 15) is 13.2 Å². The molecule has 1 aromatic heterocycles. The van der Waals surface area contributed by atoms with Gasteiger partial charge in [-0.15, -0.1) is 0 Å². The van der Waals surface area contributed by atoms with Crippen LogP contribution in [0.1, 0.15) is 26.2 Å². The number of hydrogen-bond donors (Lipinski definition) is 1. The molecule has 2 aromatic rings. The average Bonchev–Trinajstić information content (AvgIpc) is 2.79. The zero-order valence-corrected chi connectivity index (χ0v) is 19.5. The van der Waals surface area contributed by atoms with Gasteiger partial charge in [-0.3, -0.25) is 4.79 Å². The molecule has 1 atom stereocenters. The summed E-state index contributed by atoms with van der Waals surface area (Å²) in [4.78, 5) is 17.1. The Hall–Kier alpha value is -2.30. The summed E-state index contributed by atoms with van der Waals surface area (Å²) in [5.74, 6) is 0.892. The fourth-order valence-corrected chi connectivity index (χ4v) is 5.48. The number of nitrogens with one attached hydrogen (secondary N) is 1. The number of pyridine rings is 1.